The predicted molar refractivity (Wildman–Crippen MR) is 71.3 cm³/mol. The highest BCUT2D eigenvalue weighted by molar-refractivity contribution is 7.09. The van der Waals surface area contributed by atoms with E-state index in [9.17, 15) is 4.79 Å². The minimum atomic E-state index is -0.217. The number of nitrogens with zero attached hydrogens (tertiary/aromatic N) is 2. The largest absolute Gasteiger partial charge is 0.311 e. The lowest BCUT2D eigenvalue weighted by molar-refractivity contribution is 0.0997. The van der Waals surface area contributed by atoms with E-state index in [1.54, 1.807) is 7.05 Å². The smallest absolute Gasteiger partial charge is 0.271 e. The Hall–Kier alpha value is -1.10. The summed E-state index contributed by atoms with van der Waals surface area (Å²) >= 11 is 12.6. The van der Waals surface area contributed by atoms with Crippen molar-refractivity contribution >= 4 is 46.3 Å². The summed E-state index contributed by atoms with van der Waals surface area (Å²) in [4.78, 5) is 14.0. The number of amides is 1. The first-order chi connectivity index (χ1) is 8.11. The first-order valence-electron chi connectivity index (χ1n) is 4.75. The molecule has 3 nitrogen and oxygen atoms in total. The zero-order valence-electron chi connectivity index (χ0n) is 8.85. The molecule has 0 atom stereocenters. The Morgan fingerprint density at radius 2 is 1.94 bits per heavy atom. The number of rotatable bonds is 2. The van der Waals surface area contributed by atoms with Crippen molar-refractivity contribution in [2.24, 2.45) is 0 Å². The maximum atomic E-state index is 12.1. The highest BCUT2D eigenvalue weighted by atomic mass is 35.5. The molecular formula is C11H8Cl2N2OS. The summed E-state index contributed by atoms with van der Waals surface area (Å²) in [5.74, 6) is -0.217. The molecule has 0 aliphatic heterocycles. The molecular weight excluding hydrogens is 279 g/mol. The van der Waals surface area contributed by atoms with Crippen molar-refractivity contribution in [3.05, 3.63) is 45.4 Å². The molecule has 1 amide bonds. The molecule has 2 rings (SSSR count). The fourth-order valence-electron chi connectivity index (χ4n) is 1.31. The van der Waals surface area contributed by atoms with Gasteiger partial charge in [0, 0.05) is 12.7 Å². The summed E-state index contributed by atoms with van der Waals surface area (Å²) in [5.41, 5.74) is 0.790. The summed E-state index contributed by atoms with van der Waals surface area (Å²) in [7, 11) is 1.68. The van der Waals surface area contributed by atoms with Gasteiger partial charge in [-0.2, -0.15) is 4.37 Å². The highest BCUT2D eigenvalue weighted by Gasteiger charge is 2.21. The van der Waals surface area contributed by atoms with E-state index < -0.39 is 0 Å². The van der Waals surface area contributed by atoms with Gasteiger partial charge in [-0.1, -0.05) is 41.4 Å². The van der Waals surface area contributed by atoms with E-state index in [0.29, 0.717) is 4.88 Å². The van der Waals surface area contributed by atoms with Gasteiger partial charge >= 0.3 is 0 Å². The lowest BCUT2D eigenvalue weighted by Crippen LogP contribution is -2.25. The minimum absolute atomic E-state index is 0.168. The molecule has 88 valence electrons. The van der Waals surface area contributed by atoms with Crippen LogP contribution in [0.25, 0.3) is 0 Å². The van der Waals surface area contributed by atoms with Gasteiger partial charge in [-0.3, -0.25) is 4.79 Å². The molecule has 0 bridgehead atoms. The van der Waals surface area contributed by atoms with E-state index in [-0.39, 0.29) is 16.1 Å². The Morgan fingerprint density at radius 3 is 2.47 bits per heavy atom. The Bertz CT molecular complexity index is 542. The molecule has 0 spiro atoms. The van der Waals surface area contributed by atoms with E-state index >= 15 is 0 Å². The first kappa shape index (κ1) is 12.4. The van der Waals surface area contributed by atoms with E-state index in [1.165, 1.54) is 4.90 Å². The molecule has 0 aliphatic rings. The molecule has 0 saturated heterocycles. The summed E-state index contributed by atoms with van der Waals surface area (Å²) in [5, 5.41) is 0.380. The standard InChI is InChI=1S/C11H8Cl2N2OS/c1-15(7-5-3-2-4-6-7)11(16)9-8(12)10(13)14-17-9/h2-6H,1H3. The maximum Gasteiger partial charge on any atom is 0.271 e. The van der Waals surface area contributed by atoms with Crippen molar-refractivity contribution in [2.45, 2.75) is 0 Å². The van der Waals surface area contributed by atoms with Gasteiger partial charge in [-0.05, 0) is 23.7 Å². The first-order valence-corrected chi connectivity index (χ1v) is 6.28. The molecule has 1 aromatic carbocycles. The Morgan fingerprint density at radius 1 is 1.29 bits per heavy atom. The van der Waals surface area contributed by atoms with E-state index in [2.05, 4.69) is 4.37 Å². The zero-order chi connectivity index (χ0) is 12.4. The quantitative estimate of drug-likeness (QED) is 0.843. The number of anilines is 1. The van der Waals surface area contributed by atoms with Gasteiger partial charge in [0.05, 0.1) is 0 Å². The highest BCUT2D eigenvalue weighted by Crippen LogP contribution is 2.30. The molecule has 0 radical (unpaired) electrons. The van der Waals surface area contributed by atoms with Crippen LogP contribution < -0.4 is 4.90 Å². The number of hydrogen-bond acceptors (Lipinski definition) is 3. The predicted octanol–water partition coefficient (Wildman–Crippen LogP) is 3.73. The molecule has 2 aromatic rings. The number of carbonyl (C=O) groups is 1. The van der Waals surface area contributed by atoms with Gasteiger partial charge in [0.15, 0.2) is 5.15 Å². The molecule has 1 aromatic heterocycles. The van der Waals surface area contributed by atoms with Crippen LogP contribution in [0.3, 0.4) is 0 Å². The lowest BCUT2D eigenvalue weighted by atomic mass is 10.3. The maximum absolute atomic E-state index is 12.1. The third-order valence-electron chi connectivity index (χ3n) is 2.24. The van der Waals surface area contributed by atoms with Crippen molar-refractivity contribution in [1.82, 2.24) is 4.37 Å². The van der Waals surface area contributed by atoms with Crippen LogP contribution in [-0.4, -0.2) is 17.3 Å². The fourth-order valence-corrected chi connectivity index (χ4v) is 2.50. The van der Waals surface area contributed by atoms with Gasteiger partial charge in [0.2, 0.25) is 0 Å². The third-order valence-corrected chi connectivity index (χ3v) is 4.03. The molecule has 0 aliphatic carbocycles. The van der Waals surface area contributed by atoms with Crippen LogP contribution in [-0.2, 0) is 0 Å². The number of aromatic nitrogens is 1. The molecule has 0 N–H and O–H groups in total. The molecule has 0 unspecified atom stereocenters. The van der Waals surface area contributed by atoms with Crippen LogP contribution in [0.4, 0.5) is 5.69 Å². The Labute approximate surface area is 113 Å². The summed E-state index contributed by atoms with van der Waals surface area (Å²) < 4.78 is 3.84. The molecule has 17 heavy (non-hydrogen) atoms. The van der Waals surface area contributed by atoms with Gasteiger partial charge < -0.3 is 4.90 Å². The van der Waals surface area contributed by atoms with E-state index in [0.717, 1.165) is 17.2 Å². The van der Waals surface area contributed by atoms with Crippen molar-refractivity contribution in [2.75, 3.05) is 11.9 Å². The van der Waals surface area contributed by atoms with Crippen LogP contribution >= 0.6 is 34.7 Å². The lowest BCUT2D eigenvalue weighted by Gasteiger charge is -2.16. The normalized spacial score (nSPS) is 10.3. The third kappa shape index (κ3) is 2.44. The molecule has 0 saturated carbocycles. The molecule has 0 fully saturated rings. The number of para-hydroxylation sites is 1. The zero-order valence-corrected chi connectivity index (χ0v) is 11.2. The van der Waals surface area contributed by atoms with Crippen molar-refractivity contribution in [3.63, 3.8) is 0 Å². The van der Waals surface area contributed by atoms with Crippen molar-refractivity contribution < 1.29 is 4.79 Å². The van der Waals surface area contributed by atoms with Crippen LogP contribution in [0.5, 0.6) is 0 Å². The van der Waals surface area contributed by atoms with Crippen LogP contribution in [0.1, 0.15) is 9.67 Å². The topological polar surface area (TPSA) is 33.2 Å². The molecule has 1 heterocycles. The van der Waals surface area contributed by atoms with Crippen LogP contribution in [0.15, 0.2) is 30.3 Å². The van der Waals surface area contributed by atoms with Gasteiger partial charge in [0.25, 0.3) is 5.91 Å². The monoisotopic (exact) mass is 286 g/mol. The fraction of sp³-hybridized carbons (Fsp3) is 0.0909. The van der Waals surface area contributed by atoms with Crippen molar-refractivity contribution in [1.29, 1.82) is 0 Å². The SMILES string of the molecule is CN(C(=O)c1snc(Cl)c1Cl)c1ccccc1. The second-order valence-electron chi connectivity index (χ2n) is 3.32. The number of hydrogen-bond donors (Lipinski definition) is 0. The van der Waals surface area contributed by atoms with Gasteiger partial charge in [0.1, 0.15) is 9.90 Å². The van der Waals surface area contributed by atoms with Crippen molar-refractivity contribution in [3.8, 4) is 0 Å². The van der Waals surface area contributed by atoms with Crippen LogP contribution in [0.2, 0.25) is 10.2 Å². The average molecular weight is 287 g/mol. The Balaban J connectivity index is 2.30. The summed E-state index contributed by atoms with van der Waals surface area (Å²) in [6.45, 7) is 0. The van der Waals surface area contributed by atoms with Gasteiger partial charge in [-0.15, -0.1) is 0 Å². The number of halogens is 2. The number of benzene rings is 1. The van der Waals surface area contributed by atoms with Gasteiger partial charge in [-0.25, -0.2) is 0 Å². The molecule has 6 heteroatoms. The Kier molecular flexibility index (Phi) is 3.66. The minimum Gasteiger partial charge on any atom is -0.311 e. The van der Waals surface area contributed by atoms with E-state index in [4.69, 9.17) is 23.2 Å². The second-order valence-corrected chi connectivity index (χ2v) is 4.83. The van der Waals surface area contributed by atoms with Crippen LogP contribution in [0, 0.1) is 0 Å². The summed E-state index contributed by atoms with van der Waals surface area (Å²) in [6.07, 6.45) is 0. The summed E-state index contributed by atoms with van der Waals surface area (Å²) in [6, 6.07) is 9.29. The van der Waals surface area contributed by atoms with E-state index in [1.807, 2.05) is 30.3 Å². The second kappa shape index (κ2) is 5.04. The average Bonchev–Trinajstić information content (AvgIpc) is 2.69. The number of carbonyl (C=O) groups excluding carboxylic acids is 1.